The van der Waals surface area contributed by atoms with Gasteiger partial charge in [-0.1, -0.05) is 0 Å². The minimum atomic E-state index is -0.445. The van der Waals surface area contributed by atoms with E-state index in [4.69, 9.17) is 14.2 Å². The Balaban J connectivity index is 3.08. The van der Waals surface area contributed by atoms with Crippen molar-refractivity contribution in [3.05, 3.63) is 0 Å². The summed E-state index contributed by atoms with van der Waals surface area (Å²) in [4.78, 5) is 0. The fourth-order valence-corrected chi connectivity index (χ4v) is 1.19. The molecule has 5 heteroatoms. The molecule has 1 atom stereocenters. The topological polar surface area (TPSA) is 60.0 Å². The van der Waals surface area contributed by atoms with E-state index in [-0.39, 0.29) is 0 Å². The van der Waals surface area contributed by atoms with Gasteiger partial charge in [0.1, 0.15) is 0 Å². The average molecular weight is 235 g/mol. The summed E-state index contributed by atoms with van der Waals surface area (Å²) in [5, 5.41) is 12.7. The number of ether oxygens (including phenoxy) is 3. The van der Waals surface area contributed by atoms with Crippen molar-refractivity contribution >= 4 is 0 Å². The van der Waals surface area contributed by atoms with Gasteiger partial charge in [-0.15, -0.1) is 0 Å². The Morgan fingerprint density at radius 2 is 1.81 bits per heavy atom. The van der Waals surface area contributed by atoms with Crippen molar-refractivity contribution in [2.24, 2.45) is 0 Å². The maximum atomic E-state index is 9.50. The van der Waals surface area contributed by atoms with Crippen molar-refractivity contribution in [2.45, 2.75) is 18.9 Å². The van der Waals surface area contributed by atoms with Gasteiger partial charge >= 0.3 is 0 Å². The highest BCUT2D eigenvalue weighted by atomic mass is 16.5. The number of hydrogen-bond acceptors (Lipinski definition) is 5. The van der Waals surface area contributed by atoms with E-state index < -0.39 is 6.10 Å². The molecule has 0 aromatic carbocycles. The molecule has 2 N–H and O–H groups in total. The molecule has 0 aromatic heterocycles. The lowest BCUT2D eigenvalue weighted by molar-refractivity contribution is 0.0138. The van der Waals surface area contributed by atoms with Crippen molar-refractivity contribution in [2.75, 3.05) is 53.7 Å². The minimum Gasteiger partial charge on any atom is -0.389 e. The Morgan fingerprint density at radius 1 is 1.06 bits per heavy atom. The maximum Gasteiger partial charge on any atom is 0.0897 e. The normalized spacial score (nSPS) is 12.9. The lowest BCUT2D eigenvalue weighted by Crippen LogP contribution is -2.31. The quantitative estimate of drug-likeness (QED) is 0.467. The summed E-state index contributed by atoms with van der Waals surface area (Å²) in [7, 11) is 3.33. The summed E-state index contributed by atoms with van der Waals surface area (Å²) < 4.78 is 15.0. The second kappa shape index (κ2) is 12.9. The predicted octanol–water partition coefficient (Wildman–Crippen LogP) is 0.0265. The van der Waals surface area contributed by atoms with Crippen LogP contribution in [0.3, 0.4) is 0 Å². The third-order valence-electron chi connectivity index (χ3n) is 2.07. The second-order valence-electron chi connectivity index (χ2n) is 3.63. The van der Waals surface area contributed by atoms with Gasteiger partial charge in [0.25, 0.3) is 0 Å². The fourth-order valence-electron chi connectivity index (χ4n) is 1.19. The molecule has 5 nitrogen and oxygen atoms in total. The van der Waals surface area contributed by atoms with Crippen molar-refractivity contribution in [1.82, 2.24) is 5.32 Å². The summed E-state index contributed by atoms with van der Waals surface area (Å²) in [5.74, 6) is 0. The molecule has 0 saturated heterocycles. The molecule has 0 saturated carbocycles. The zero-order valence-electron chi connectivity index (χ0n) is 10.4. The maximum absolute atomic E-state index is 9.50. The highest BCUT2D eigenvalue weighted by Gasteiger charge is 2.02. The standard InChI is InChI=1S/C11H25NO4/c1-14-6-4-3-5-12-9-11(13)10-16-8-7-15-2/h11-13H,3-10H2,1-2H3. The van der Waals surface area contributed by atoms with E-state index >= 15 is 0 Å². The molecule has 0 bridgehead atoms. The van der Waals surface area contributed by atoms with E-state index in [2.05, 4.69) is 5.32 Å². The highest BCUT2D eigenvalue weighted by molar-refractivity contribution is 4.58. The van der Waals surface area contributed by atoms with Gasteiger partial charge in [-0.25, -0.2) is 0 Å². The first-order valence-electron chi connectivity index (χ1n) is 5.75. The lowest BCUT2D eigenvalue weighted by atomic mass is 10.3. The van der Waals surface area contributed by atoms with Crippen LogP contribution in [0.2, 0.25) is 0 Å². The van der Waals surface area contributed by atoms with Crippen LogP contribution >= 0.6 is 0 Å². The molecule has 0 fully saturated rings. The first kappa shape index (κ1) is 15.8. The summed E-state index contributed by atoms with van der Waals surface area (Å²) in [6.45, 7) is 3.72. The molecule has 0 aliphatic carbocycles. The molecular weight excluding hydrogens is 210 g/mol. The minimum absolute atomic E-state index is 0.356. The number of rotatable bonds is 12. The number of methoxy groups -OCH3 is 2. The van der Waals surface area contributed by atoms with Gasteiger partial charge in [0.2, 0.25) is 0 Å². The summed E-state index contributed by atoms with van der Waals surface area (Å²) >= 11 is 0. The zero-order chi connectivity index (χ0) is 12.1. The first-order valence-corrected chi connectivity index (χ1v) is 5.75. The number of nitrogens with one attached hydrogen (secondary N) is 1. The van der Waals surface area contributed by atoms with E-state index in [0.717, 1.165) is 26.0 Å². The Morgan fingerprint density at radius 3 is 2.50 bits per heavy atom. The van der Waals surface area contributed by atoms with E-state index in [1.165, 1.54) is 0 Å². The van der Waals surface area contributed by atoms with Crippen LogP contribution < -0.4 is 5.32 Å². The average Bonchev–Trinajstić information content (AvgIpc) is 2.29. The van der Waals surface area contributed by atoms with Crippen molar-refractivity contribution in [1.29, 1.82) is 0 Å². The van der Waals surface area contributed by atoms with Gasteiger partial charge in [-0.2, -0.15) is 0 Å². The van der Waals surface area contributed by atoms with Crippen molar-refractivity contribution in [3.63, 3.8) is 0 Å². The van der Waals surface area contributed by atoms with Crippen molar-refractivity contribution < 1.29 is 19.3 Å². The van der Waals surface area contributed by atoms with Crippen LogP contribution in [0.1, 0.15) is 12.8 Å². The van der Waals surface area contributed by atoms with Crippen LogP contribution in [0.5, 0.6) is 0 Å². The molecule has 0 aromatic rings. The van der Waals surface area contributed by atoms with Crippen LogP contribution in [-0.2, 0) is 14.2 Å². The first-order chi connectivity index (χ1) is 7.81. The molecule has 1 unspecified atom stereocenters. The van der Waals surface area contributed by atoms with E-state index in [9.17, 15) is 5.11 Å². The molecule has 0 radical (unpaired) electrons. The van der Waals surface area contributed by atoms with Crippen molar-refractivity contribution in [3.8, 4) is 0 Å². The van der Waals surface area contributed by atoms with Gasteiger partial charge in [0.05, 0.1) is 25.9 Å². The fraction of sp³-hybridized carbons (Fsp3) is 1.00. The molecule has 0 spiro atoms. The van der Waals surface area contributed by atoms with Gasteiger partial charge < -0.3 is 24.6 Å². The summed E-state index contributed by atoms with van der Waals surface area (Å²) in [6, 6.07) is 0. The molecule has 0 aliphatic heterocycles. The number of unbranched alkanes of at least 4 members (excludes halogenated alkanes) is 1. The van der Waals surface area contributed by atoms with E-state index in [1.54, 1.807) is 14.2 Å². The summed E-state index contributed by atoms with van der Waals surface area (Å²) in [6.07, 6.45) is 1.66. The SMILES string of the molecule is COCCCCNCC(O)COCCOC. The number of hydrogen-bond donors (Lipinski definition) is 2. The molecule has 98 valence electrons. The third-order valence-corrected chi connectivity index (χ3v) is 2.07. The smallest absolute Gasteiger partial charge is 0.0897 e. The predicted molar refractivity (Wildman–Crippen MR) is 62.7 cm³/mol. The molecule has 0 aliphatic rings. The number of aliphatic hydroxyl groups excluding tert-OH is 1. The molecule has 0 heterocycles. The van der Waals surface area contributed by atoms with E-state index in [0.29, 0.717) is 26.4 Å². The van der Waals surface area contributed by atoms with Gasteiger partial charge in [-0.3, -0.25) is 0 Å². The molecule has 0 amide bonds. The van der Waals surface area contributed by atoms with E-state index in [1.807, 2.05) is 0 Å². The Labute approximate surface area is 98.1 Å². The third kappa shape index (κ3) is 11.9. The Bertz CT molecular complexity index is 135. The summed E-state index contributed by atoms with van der Waals surface area (Å²) in [5.41, 5.74) is 0. The highest BCUT2D eigenvalue weighted by Crippen LogP contribution is 1.88. The monoisotopic (exact) mass is 235 g/mol. The largest absolute Gasteiger partial charge is 0.389 e. The second-order valence-corrected chi connectivity index (χ2v) is 3.63. The van der Waals surface area contributed by atoms with Gasteiger partial charge in [0.15, 0.2) is 0 Å². The van der Waals surface area contributed by atoms with Crippen LogP contribution in [0.15, 0.2) is 0 Å². The van der Waals surface area contributed by atoms with Crippen LogP contribution in [-0.4, -0.2) is 64.9 Å². The van der Waals surface area contributed by atoms with Crippen LogP contribution in [0.25, 0.3) is 0 Å². The molecule has 0 rings (SSSR count). The van der Waals surface area contributed by atoms with Gasteiger partial charge in [0, 0.05) is 27.4 Å². The van der Waals surface area contributed by atoms with Crippen LogP contribution in [0, 0.1) is 0 Å². The molecule has 16 heavy (non-hydrogen) atoms. The zero-order valence-corrected chi connectivity index (χ0v) is 10.4. The molecular formula is C11H25NO4. The van der Waals surface area contributed by atoms with Gasteiger partial charge in [-0.05, 0) is 19.4 Å². The Hall–Kier alpha value is -0.200. The number of aliphatic hydroxyl groups is 1. The lowest BCUT2D eigenvalue weighted by Gasteiger charge is -2.12. The Kier molecular flexibility index (Phi) is 12.7. The van der Waals surface area contributed by atoms with Crippen LogP contribution in [0.4, 0.5) is 0 Å².